The molecule has 0 aliphatic carbocycles. The Balaban J connectivity index is 2.05. The lowest BCUT2D eigenvalue weighted by Gasteiger charge is -2.38. The molecule has 0 saturated heterocycles. The number of pyridine rings is 1. The molecule has 2 heterocycles. The average molecular weight is 430 g/mol. The standard InChI is InChI=1S/C21H20F2N4O2S/c1-20(2)19(25)27-21(11-28,12-30(20)29)15-7-13(3-5-16(15)22)8-17(23)18-6-4-14(9-24)10-26-18/h3-8,10,28H,11-12H2,1-2H3,(H2,25,27)/b17-8-. The van der Waals surface area contributed by atoms with Gasteiger partial charge in [-0.3, -0.25) is 14.2 Å². The van der Waals surface area contributed by atoms with Gasteiger partial charge in [0.25, 0.3) is 0 Å². The molecule has 1 aliphatic heterocycles. The lowest BCUT2D eigenvalue weighted by Crippen LogP contribution is -2.54. The third-order valence-electron chi connectivity index (χ3n) is 5.07. The van der Waals surface area contributed by atoms with Crippen molar-refractivity contribution in [2.24, 2.45) is 10.7 Å². The highest BCUT2D eigenvalue weighted by Crippen LogP contribution is 2.37. The van der Waals surface area contributed by atoms with Crippen molar-refractivity contribution in [3.05, 3.63) is 64.7 Å². The van der Waals surface area contributed by atoms with Gasteiger partial charge in [0, 0.05) is 22.6 Å². The van der Waals surface area contributed by atoms with E-state index in [9.17, 15) is 18.1 Å². The quantitative estimate of drug-likeness (QED) is 0.774. The normalized spacial score (nSPS) is 23.5. The summed E-state index contributed by atoms with van der Waals surface area (Å²) in [5, 5.41) is 18.8. The van der Waals surface area contributed by atoms with Crippen LogP contribution in [-0.2, 0) is 16.3 Å². The first-order valence-electron chi connectivity index (χ1n) is 9.02. The van der Waals surface area contributed by atoms with Gasteiger partial charge in [0.1, 0.15) is 29.1 Å². The summed E-state index contributed by atoms with van der Waals surface area (Å²) in [6, 6.07) is 8.54. The number of rotatable bonds is 4. The summed E-state index contributed by atoms with van der Waals surface area (Å²) >= 11 is 0. The van der Waals surface area contributed by atoms with Crippen molar-refractivity contribution in [3.8, 4) is 6.07 Å². The maximum Gasteiger partial charge on any atom is 0.149 e. The summed E-state index contributed by atoms with van der Waals surface area (Å²) in [7, 11) is -1.52. The number of nitrogens with zero attached hydrogens (tertiary/aromatic N) is 3. The SMILES string of the molecule is CC1(C)C(N)=NC(CO)(c2cc(/C=C(\F)c3ccc(C#N)cn3)ccc2F)CS1=O. The Hall–Kier alpha value is -2.96. The Morgan fingerprint density at radius 3 is 2.70 bits per heavy atom. The molecular weight excluding hydrogens is 410 g/mol. The Morgan fingerprint density at radius 2 is 2.13 bits per heavy atom. The largest absolute Gasteiger partial charge is 0.393 e. The number of aliphatic hydroxyl groups excluding tert-OH is 1. The van der Waals surface area contributed by atoms with E-state index < -0.39 is 39.3 Å². The number of nitrogens with two attached hydrogens (primary N) is 1. The number of aliphatic imine (C=N–C) groups is 1. The second kappa shape index (κ2) is 8.05. The Morgan fingerprint density at radius 1 is 1.40 bits per heavy atom. The van der Waals surface area contributed by atoms with E-state index in [0.717, 1.165) is 12.1 Å². The molecule has 0 saturated carbocycles. The zero-order valence-electron chi connectivity index (χ0n) is 16.4. The van der Waals surface area contributed by atoms with Gasteiger partial charge in [-0.1, -0.05) is 6.07 Å². The summed E-state index contributed by atoms with van der Waals surface area (Å²) in [6.07, 6.45) is 2.40. The average Bonchev–Trinajstić information content (AvgIpc) is 2.73. The van der Waals surface area contributed by atoms with Crippen molar-refractivity contribution in [2.45, 2.75) is 24.1 Å². The van der Waals surface area contributed by atoms with E-state index in [4.69, 9.17) is 11.0 Å². The molecule has 2 unspecified atom stereocenters. The molecular formula is C21H20F2N4O2S. The van der Waals surface area contributed by atoms with Crippen LogP contribution in [0.2, 0.25) is 0 Å². The van der Waals surface area contributed by atoms with Crippen molar-refractivity contribution in [3.63, 3.8) is 0 Å². The first-order valence-corrected chi connectivity index (χ1v) is 10.3. The fraction of sp³-hybridized carbons (Fsp3) is 0.286. The van der Waals surface area contributed by atoms with Gasteiger partial charge in [-0.25, -0.2) is 8.78 Å². The maximum atomic E-state index is 14.7. The van der Waals surface area contributed by atoms with Crippen LogP contribution in [0, 0.1) is 17.1 Å². The minimum atomic E-state index is -1.53. The van der Waals surface area contributed by atoms with Crippen LogP contribution in [0.25, 0.3) is 11.9 Å². The Labute approximate surface area is 175 Å². The van der Waals surface area contributed by atoms with E-state index in [1.54, 1.807) is 13.8 Å². The fourth-order valence-corrected chi connectivity index (χ4v) is 4.41. The minimum Gasteiger partial charge on any atom is -0.393 e. The van der Waals surface area contributed by atoms with Crippen LogP contribution in [0.15, 0.2) is 41.5 Å². The predicted octanol–water partition coefficient (Wildman–Crippen LogP) is 2.65. The molecule has 1 aromatic heterocycles. The Bertz CT molecular complexity index is 1110. The highest BCUT2D eigenvalue weighted by atomic mass is 32.2. The summed E-state index contributed by atoms with van der Waals surface area (Å²) in [6.45, 7) is 2.72. The Kier molecular flexibility index (Phi) is 5.83. The highest BCUT2D eigenvalue weighted by Gasteiger charge is 2.46. The zero-order valence-corrected chi connectivity index (χ0v) is 17.2. The number of nitriles is 1. The summed E-state index contributed by atoms with van der Waals surface area (Å²) in [4.78, 5) is 8.20. The lowest BCUT2D eigenvalue weighted by molar-refractivity contribution is 0.208. The van der Waals surface area contributed by atoms with Gasteiger partial charge in [-0.05, 0) is 49.8 Å². The number of hydrogen-bond acceptors (Lipinski definition) is 6. The van der Waals surface area contributed by atoms with E-state index >= 15 is 0 Å². The molecule has 0 fully saturated rings. The number of aromatic nitrogens is 1. The molecule has 156 valence electrons. The number of halogens is 2. The third-order valence-corrected chi connectivity index (χ3v) is 7.16. The second-order valence-corrected chi connectivity index (χ2v) is 9.46. The molecule has 9 heteroatoms. The molecule has 2 aromatic rings. The molecule has 1 aromatic carbocycles. The van der Waals surface area contributed by atoms with Crippen molar-refractivity contribution in [2.75, 3.05) is 12.4 Å². The first-order chi connectivity index (χ1) is 14.1. The van der Waals surface area contributed by atoms with Crippen molar-refractivity contribution >= 4 is 28.5 Å². The van der Waals surface area contributed by atoms with Crippen molar-refractivity contribution < 1.29 is 18.1 Å². The van der Waals surface area contributed by atoms with E-state index in [2.05, 4.69) is 9.98 Å². The van der Waals surface area contributed by atoms with Crippen molar-refractivity contribution in [1.29, 1.82) is 5.26 Å². The summed E-state index contributed by atoms with van der Waals surface area (Å²) < 4.78 is 41.1. The molecule has 0 bridgehead atoms. The fourth-order valence-electron chi connectivity index (χ4n) is 3.03. The van der Waals surface area contributed by atoms with E-state index in [0.29, 0.717) is 11.1 Å². The minimum absolute atomic E-state index is 0.0135. The molecule has 0 radical (unpaired) electrons. The van der Waals surface area contributed by atoms with Gasteiger partial charge in [-0.2, -0.15) is 5.26 Å². The van der Waals surface area contributed by atoms with Crippen LogP contribution in [0.4, 0.5) is 8.78 Å². The smallest absolute Gasteiger partial charge is 0.149 e. The van der Waals surface area contributed by atoms with E-state index in [-0.39, 0.29) is 22.8 Å². The zero-order chi connectivity index (χ0) is 22.1. The van der Waals surface area contributed by atoms with Crippen LogP contribution in [0.3, 0.4) is 0 Å². The third kappa shape index (κ3) is 3.88. The molecule has 2 atom stereocenters. The van der Waals surface area contributed by atoms with E-state index in [1.165, 1.54) is 30.5 Å². The van der Waals surface area contributed by atoms with Gasteiger partial charge in [0.15, 0.2) is 0 Å². The molecule has 0 spiro atoms. The monoisotopic (exact) mass is 430 g/mol. The van der Waals surface area contributed by atoms with Crippen LogP contribution in [-0.4, -0.2) is 37.2 Å². The van der Waals surface area contributed by atoms with Gasteiger partial charge in [0.2, 0.25) is 0 Å². The molecule has 1 aliphatic rings. The molecule has 3 rings (SSSR count). The molecule has 0 amide bonds. The highest BCUT2D eigenvalue weighted by molar-refractivity contribution is 7.87. The number of hydrogen-bond donors (Lipinski definition) is 2. The number of amidine groups is 1. The van der Waals surface area contributed by atoms with Gasteiger partial charge < -0.3 is 10.8 Å². The first kappa shape index (κ1) is 21.7. The summed E-state index contributed by atoms with van der Waals surface area (Å²) in [5.41, 5.74) is 5.04. The van der Waals surface area contributed by atoms with Crippen LogP contribution >= 0.6 is 0 Å². The topological polar surface area (TPSA) is 112 Å². The number of benzene rings is 1. The predicted molar refractivity (Wildman–Crippen MR) is 112 cm³/mol. The summed E-state index contributed by atoms with van der Waals surface area (Å²) in [5.74, 6) is -1.44. The van der Waals surface area contributed by atoms with Crippen LogP contribution < -0.4 is 5.73 Å². The maximum absolute atomic E-state index is 14.7. The molecule has 30 heavy (non-hydrogen) atoms. The lowest BCUT2D eigenvalue weighted by atomic mass is 9.90. The van der Waals surface area contributed by atoms with Gasteiger partial charge in [0.05, 0.1) is 28.4 Å². The van der Waals surface area contributed by atoms with E-state index in [1.807, 2.05) is 6.07 Å². The number of aliphatic hydroxyl groups is 1. The molecule has 3 N–H and O–H groups in total. The second-order valence-electron chi connectivity index (χ2n) is 7.46. The van der Waals surface area contributed by atoms with Gasteiger partial charge in [-0.15, -0.1) is 0 Å². The van der Waals surface area contributed by atoms with Gasteiger partial charge >= 0.3 is 0 Å². The van der Waals surface area contributed by atoms with Crippen LogP contribution in [0.5, 0.6) is 0 Å². The van der Waals surface area contributed by atoms with Crippen molar-refractivity contribution in [1.82, 2.24) is 4.98 Å². The molecule has 6 nitrogen and oxygen atoms in total. The van der Waals surface area contributed by atoms with Crippen LogP contribution in [0.1, 0.15) is 36.2 Å².